The van der Waals surface area contributed by atoms with Gasteiger partial charge >= 0.3 is 0 Å². The number of nitrogens with zero attached hydrogens (tertiary/aromatic N) is 1. The number of aromatic hydroxyl groups is 1. The molecule has 0 aliphatic carbocycles. The summed E-state index contributed by atoms with van der Waals surface area (Å²) in [6.07, 6.45) is 0. The maximum atomic E-state index is 9.19. The van der Waals surface area contributed by atoms with E-state index in [2.05, 4.69) is 6.07 Å². The number of hydrogen-bond donors (Lipinski definition) is 1. The first-order valence-electron chi connectivity index (χ1n) is 3.92. The van der Waals surface area contributed by atoms with Crippen molar-refractivity contribution >= 4 is 10.8 Å². The number of rotatable bonds is 0. The Hall–Kier alpha value is -1.43. The number of phenolic OH excluding ortho intramolecular Hbond substituents is 1. The molecule has 0 spiro atoms. The molecule has 0 bridgehead atoms. The van der Waals surface area contributed by atoms with Crippen LogP contribution in [0.2, 0.25) is 0 Å². The largest absolute Gasteiger partial charge is 0.508 e. The third kappa shape index (κ3) is 1.90. The zero-order chi connectivity index (χ0) is 9.26. The summed E-state index contributed by atoms with van der Waals surface area (Å²) < 4.78 is 0. The van der Waals surface area contributed by atoms with Gasteiger partial charge < -0.3 is 5.11 Å². The van der Waals surface area contributed by atoms with Gasteiger partial charge in [-0.3, -0.25) is 0 Å². The van der Waals surface area contributed by atoms with Crippen LogP contribution < -0.4 is 0 Å². The van der Waals surface area contributed by atoms with Gasteiger partial charge in [-0.15, -0.1) is 0 Å². The molecule has 14 heavy (non-hydrogen) atoms. The molecule has 0 aromatic heterocycles. The van der Waals surface area contributed by atoms with E-state index >= 15 is 0 Å². The molecule has 0 atom stereocenters. The van der Waals surface area contributed by atoms with Gasteiger partial charge in [0.25, 0.3) is 0 Å². The predicted molar refractivity (Wildman–Crippen MR) is 50.3 cm³/mol. The van der Waals surface area contributed by atoms with Gasteiger partial charge in [-0.2, -0.15) is 5.26 Å². The van der Waals surface area contributed by atoms with E-state index in [1.165, 1.54) is 0 Å². The normalized spacial score (nSPS) is 9.07. The molecule has 0 heterocycles. The number of nitriles is 1. The van der Waals surface area contributed by atoms with E-state index in [9.17, 15) is 5.11 Å². The van der Waals surface area contributed by atoms with Gasteiger partial charge in [0.05, 0.1) is 11.6 Å². The Morgan fingerprint density at radius 3 is 2.36 bits per heavy atom. The molecule has 0 saturated carbocycles. The summed E-state index contributed by atoms with van der Waals surface area (Å²) in [7, 11) is 0. The van der Waals surface area contributed by atoms with Gasteiger partial charge in [0.2, 0.25) is 0 Å². The molecule has 1 N–H and O–H groups in total. The van der Waals surface area contributed by atoms with Crippen LogP contribution in [0.15, 0.2) is 36.4 Å². The van der Waals surface area contributed by atoms with Crippen LogP contribution in [0.5, 0.6) is 5.75 Å². The number of hydrogen-bond acceptors (Lipinski definition) is 2. The summed E-state index contributed by atoms with van der Waals surface area (Å²) in [5.74, 6) is 0.247. The van der Waals surface area contributed by atoms with E-state index in [1.807, 2.05) is 6.07 Å². The molecule has 0 aliphatic heterocycles. The van der Waals surface area contributed by atoms with Crippen molar-refractivity contribution in [3.63, 3.8) is 0 Å². The molecule has 3 heteroatoms. The molecule has 2 aromatic carbocycles. The van der Waals surface area contributed by atoms with Crippen LogP contribution in [-0.4, -0.2) is 5.11 Å². The van der Waals surface area contributed by atoms with E-state index < -0.39 is 0 Å². The van der Waals surface area contributed by atoms with Crippen LogP contribution in [0, 0.1) is 11.3 Å². The number of phenols is 1. The van der Waals surface area contributed by atoms with Gasteiger partial charge in [-0.25, -0.2) is 0 Å². The summed E-state index contributed by atoms with van der Waals surface area (Å²) in [5, 5.41) is 19.8. The second kappa shape index (κ2) is 4.19. The minimum absolute atomic E-state index is 0. The van der Waals surface area contributed by atoms with Crippen LogP contribution in [-0.2, 0) is 18.6 Å². The van der Waals surface area contributed by atoms with E-state index in [4.69, 9.17) is 5.26 Å². The quantitative estimate of drug-likeness (QED) is 0.740. The maximum absolute atomic E-state index is 9.19. The Kier molecular flexibility index (Phi) is 3.19. The average Bonchev–Trinajstić information content (AvgIpc) is 2.17. The van der Waals surface area contributed by atoms with Gasteiger partial charge in [-0.1, -0.05) is 12.1 Å². The molecule has 1 radical (unpaired) electrons. The first-order chi connectivity index (χ1) is 6.29. The van der Waals surface area contributed by atoms with E-state index in [0.717, 1.165) is 10.8 Å². The zero-order valence-corrected chi connectivity index (χ0v) is 8.70. The molecule has 2 rings (SSSR count). The van der Waals surface area contributed by atoms with Gasteiger partial charge in [-0.05, 0) is 35.0 Å². The standard InChI is InChI=1S/C11H7NO.V/c12-7-8-1-2-10-6-11(13)4-3-9(10)5-8;/h1-6,13H;. The van der Waals surface area contributed by atoms with E-state index in [-0.39, 0.29) is 24.3 Å². The minimum atomic E-state index is 0. The van der Waals surface area contributed by atoms with E-state index in [1.54, 1.807) is 30.3 Å². The summed E-state index contributed by atoms with van der Waals surface area (Å²) in [6.45, 7) is 0. The molecule has 2 aromatic rings. The molecule has 0 aliphatic rings. The van der Waals surface area contributed by atoms with Crippen molar-refractivity contribution in [1.29, 1.82) is 5.26 Å². The molecule has 0 unspecified atom stereocenters. The SMILES string of the molecule is N#Cc1ccc2cc(O)ccc2c1.[V]. The Morgan fingerprint density at radius 2 is 1.64 bits per heavy atom. The minimum Gasteiger partial charge on any atom is -0.508 e. The summed E-state index contributed by atoms with van der Waals surface area (Å²) in [5.41, 5.74) is 0.637. The molecule has 2 nitrogen and oxygen atoms in total. The summed E-state index contributed by atoms with van der Waals surface area (Å²) >= 11 is 0. The molecule has 67 valence electrons. The Morgan fingerprint density at radius 1 is 1.00 bits per heavy atom. The third-order valence-electron chi connectivity index (χ3n) is 1.95. The van der Waals surface area contributed by atoms with E-state index in [0.29, 0.717) is 5.56 Å². The molecule has 0 amide bonds. The second-order valence-corrected chi connectivity index (χ2v) is 2.86. The second-order valence-electron chi connectivity index (χ2n) is 2.86. The van der Waals surface area contributed by atoms with Gasteiger partial charge in [0, 0.05) is 18.6 Å². The van der Waals surface area contributed by atoms with Crippen LogP contribution >= 0.6 is 0 Å². The topological polar surface area (TPSA) is 44.0 Å². The third-order valence-corrected chi connectivity index (χ3v) is 1.95. The summed E-state index contributed by atoms with van der Waals surface area (Å²) in [4.78, 5) is 0. The van der Waals surface area contributed by atoms with Crippen LogP contribution in [0.4, 0.5) is 0 Å². The van der Waals surface area contributed by atoms with Gasteiger partial charge in [0.15, 0.2) is 0 Å². The monoisotopic (exact) mass is 220 g/mol. The molecular weight excluding hydrogens is 213 g/mol. The van der Waals surface area contributed by atoms with Crippen LogP contribution in [0.3, 0.4) is 0 Å². The van der Waals surface area contributed by atoms with Crippen molar-refractivity contribution in [3.8, 4) is 11.8 Å². The predicted octanol–water partition coefficient (Wildman–Crippen LogP) is 2.41. The fraction of sp³-hybridized carbons (Fsp3) is 0. The van der Waals surface area contributed by atoms with Crippen LogP contribution in [0.25, 0.3) is 10.8 Å². The fourth-order valence-electron chi connectivity index (χ4n) is 1.30. The first kappa shape index (κ1) is 10.7. The zero-order valence-electron chi connectivity index (χ0n) is 7.31. The van der Waals surface area contributed by atoms with Crippen molar-refractivity contribution in [1.82, 2.24) is 0 Å². The molecule has 0 fully saturated rings. The first-order valence-corrected chi connectivity index (χ1v) is 3.92. The number of benzene rings is 2. The van der Waals surface area contributed by atoms with Crippen molar-refractivity contribution in [2.45, 2.75) is 0 Å². The maximum Gasteiger partial charge on any atom is 0.116 e. The van der Waals surface area contributed by atoms with Gasteiger partial charge in [0.1, 0.15) is 5.75 Å². The fourth-order valence-corrected chi connectivity index (χ4v) is 1.30. The molecule has 0 saturated heterocycles. The Bertz CT molecular complexity index is 502. The Labute approximate surface area is 93.7 Å². The Balaban J connectivity index is 0.000000980. The summed E-state index contributed by atoms with van der Waals surface area (Å²) in [6, 6.07) is 12.5. The average molecular weight is 220 g/mol. The van der Waals surface area contributed by atoms with Crippen molar-refractivity contribution < 1.29 is 23.7 Å². The molecular formula is C11H7NOV. The number of fused-ring (bicyclic) bond motifs is 1. The smallest absolute Gasteiger partial charge is 0.116 e. The van der Waals surface area contributed by atoms with Crippen LogP contribution in [0.1, 0.15) is 5.56 Å². The van der Waals surface area contributed by atoms with Crippen molar-refractivity contribution in [3.05, 3.63) is 42.0 Å². The van der Waals surface area contributed by atoms with Crippen molar-refractivity contribution in [2.75, 3.05) is 0 Å². The van der Waals surface area contributed by atoms with Crippen molar-refractivity contribution in [2.24, 2.45) is 0 Å².